The molecule has 0 spiro atoms. The Bertz CT molecular complexity index is 784. The van der Waals surface area contributed by atoms with Gasteiger partial charge in [0.2, 0.25) is 17.6 Å². The molecule has 3 nitrogen and oxygen atoms in total. The molecule has 12 heteroatoms. The summed E-state index contributed by atoms with van der Waals surface area (Å²) in [6.45, 7) is 0. The van der Waals surface area contributed by atoms with E-state index in [1.165, 1.54) is 0 Å². The summed E-state index contributed by atoms with van der Waals surface area (Å²) in [7, 11) is 0. The predicted molar refractivity (Wildman–Crippen MR) is 59.5 cm³/mol. The third kappa shape index (κ3) is 2.83. The third-order valence-electron chi connectivity index (χ3n) is 2.41. The minimum Gasteiger partial charge on any atom is -0.201 e. The minimum absolute atomic E-state index is 1.21. The van der Waals surface area contributed by atoms with Crippen LogP contribution in [0.5, 0.6) is 0 Å². The Morgan fingerprint density at radius 3 is 1.52 bits per heavy atom. The van der Waals surface area contributed by atoms with E-state index in [0.29, 0.717) is 0 Å². The van der Waals surface area contributed by atoms with Gasteiger partial charge in [0.05, 0.1) is 0 Å². The highest BCUT2D eigenvalue weighted by molar-refractivity contribution is 6.33. The second-order valence-corrected chi connectivity index (χ2v) is 4.17. The van der Waals surface area contributed by atoms with Crippen LogP contribution in [-0.2, 0) is 0 Å². The lowest BCUT2D eigenvalue weighted by Crippen LogP contribution is -2.00. The average Bonchev–Trinajstić information content (AvgIpc) is 2.52. The fraction of sp³-hybridized carbons (Fsp3) is 0. The zero-order valence-electron chi connectivity index (χ0n) is 10.2. The number of hydrogen-bond acceptors (Lipinski definition) is 3. The molecule has 1 heterocycles. The first-order chi connectivity index (χ1) is 10.7. The molecule has 2 rings (SSSR count). The Morgan fingerprint density at radius 1 is 0.565 bits per heavy atom. The summed E-state index contributed by atoms with van der Waals surface area (Å²) in [5, 5.41) is 4.07. The van der Waals surface area contributed by atoms with Crippen molar-refractivity contribution in [2.45, 2.75) is 0 Å². The molecule has 23 heavy (non-hydrogen) atoms. The summed E-state index contributed by atoms with van der Waals surface area (Å²) < 4.78 is 104. The largest absolute Gasteiger partial charge is 0.254 e. The minimum atomic E-state index is -2.45. The maximum atomic E-state index is 13.3. The van der Waals surface area contributed by atoms with E-state index in [4.69, 9.17) is 11.6 Å². The molecule has 122 valence electrons. The number of aromatic nitrogens is 1. The van der Waals surface area contributed by atoms with Crippen molar-refractivity contribution in [3.05, 3.63) is 51.8 Å². The smallest absolute Gasteiger partial charge is 0.201 e. The Kier molecular flexibility index (Phi) is 4.50. The van der Waals surface area contributed by atoms with Crippen LogP contribution in [0.15, 0.2) is 10.2 Å². The fourth-order valence-electron chi connectivity index (χ4n) is 1.35. The van der Waals surface area contributed by atoms with Gasteiger partial charge in [0.25, 0.3) is 5.95 Å². The lowest BCUT2D eigenvalue weighted by atomic mass is 10.2. The van der Waals surface area contributed by atoms with Crippen molar-refractivity contribution in [2.75, 3.05) is 0 Å². The molecule has 0 aliphatic rings. The van der Waals surface area contributed by atoms with Gasteiger partial charge in [-0.2, -0.15) is 18.2 Å². The lowest BCUT2D eigenvalue weighted by Gasteiger charge is -2.04. The Labute approximate surface area is 126 Å². The summed E-state index contributed by atoms with van der Waals surface area (Å²) >= 11 is 5.21. The van der Waals surface area contributed by atoms with Gasteiger partial charge >= 0.3 is 0 Å². The SMILES string of the molecule is Fc1nc(F)c(Cl)c(N=Nc2c(F)c(F)c(F)c(F)c2F)c1F. The fourth-order valence-corrected chi connectivity index (χ4v) is 1.51. The number of pyridine rings is 1. The highest BCUT2D eigenvalue weighted by Crippen LogP contribution is 2.34. The zero-order chi connectivity index (χ0) is 17.5. The molecule has 0 radical (unpaired) electrons. The van der Waals surface area contributed by atoms with E-state index < -0.39 is 63.2 Å². The third-order valence-corrected chi connectivity index (χ3v) is 2.75. The van der Waals surface area contributed by atoms with Crippen LogP contribution in [-0.4, -0.2) is 4.98 Å². The van der Waals surface area contributed by atoms with Crippen LogP contribution in [0, 0.1) is 46.8 Å². The van der Waals surface area contributed by atoms with Gasteiger partial charge in [-0.25, -0.2) is 22.0 Å². The normalized spacial score (nSPS) is 11.5. The van der Waals surface area contributed by atoms with Gasteiger partial charge in [-0.3, -0.25) is 0 Å². The summed E-state index contributed by atoms with van der Waals surface area (Å²) in [5.41, 5.74) is -3.17. The van der Waals surface area contributed by atoms with Gasteiger partial charge in [0, 0.05) is 0 Å². The standard InChI is InChI=1S/C11ClF8N3/c12-1-8(7(18)11(20)21-10(1)19)22-23-9-5(16)3(14)2(13)4(15)6(9)17. The molecule has 1 aromatic heterocycles. The molecule has 0 aliphatic carbocycles. The Hall–Kier alpha value is -2.30. The van der Waals surface area contributed by atoms with Crippen LogP contribution in [0.3, 0.4) is 0 Å². The maximum absolute atomic E-state index is 13.3. The quantitative estimate of drug-likeness (QED) is 0.236. The number of halogens is 9. The Morgan fingerprint density at radius 2 is 1.00 bits per heavy atom. The van der Waals surface area contributed by atoms with Gasteiger partial charge in [0.15, 0.2) is 29.0 Å². The molecule has 0 amide bonds. The predicted octanol–water partition coefficient (Wildman–Crippen LogP) is 5.26. The molecule has 0 fully saturated rings. The van der Waals surface area contributed by atoms with Crippen LogP contribution in [0.4, 0.5) is 46.5 Å². The van der Waals surface area contributed by atoms with Crippen LogP contribution in [0.2, 0.25) is 5.02 Å². The summed E-state index contributed by atoms with van der Waals surface area (Å²) in [5.74, 6) is -17.6. The summed E-state index contributed by atoms with van der Waals surface area (Å²) in [6, 6.07) is 0. The van der Waals surface area contributed by atoms with Gasteiger partial charge in [-0.15, -0.1) is 10.2 Å². The molecule has 0 unspecified atom stereocenters. The first kappa shape index (κ1) is 17.1. The number of azo groups is 1. The van der Waals surface area contributed by atoms with Crippen LogP contribution < -0.4 is 0 Å². The average molecular weight is 362 g/mol. The van der Waals surface area contributed by atoms with Crippen LogP contribution in [0.1, 0.15) is 0 Å². The van der Waals surface area contributed by atoms with Gasteiger partial charge in [-0.05, 0) is 0 Å². The van der Waals surface area contributed by atoms with E-state index in [1.807, 2.05) is 0 Å². The Balaban J connectivity index is 2.64. The first-order valence-corrected chi connectivity index (χ1v) is 5.67. The van der Waals surface area contributed by atoms with Crippen molar-refractivity contribution in [1.29, 1.82) is 0 Å². The number of benzene rings is 1. The lowest BCUT2D eigenvalue weighted by molar-refractivity contribution is 0.380. The van der Waals surface area contributed by atoms with Gasteiger partial charge in [0.1, 0.15) is 10.7 Å². The molecule has 0 aliphatic heterocycles. The van der Waals surface area contributed by atoms with E-state index in [1.54, 1.807) is 0 Å². The molecule has 1 aromatic carbocycles. The maximum Gasteiger partial charge on any atom is 0.254 e. The van der Waals surface area contributed by atoms with Gasteiger partial charge in [-0.1, -0.05) is 11.6 Å². The van der Waals surface area contributed by atoms with Crippen LogP contribution in [0.25, 0.3) is 0 Å². The number of nitrogens with zero attached hydrogens (tertiary/aromatic N) is 3. The van der Waals surface area contributed by atoms with E-state index in [-0.39, 0.29) is 0 Å². The molecular weight excluding hydrogens is 362 g/mol. The monoisotopic (exact) mass is 361 g/mol. The van der Waals surface area contributed by atoms with Gasteiger partial charge < -0.3 is 0 Å². The van der Waals surface area contributed by atoms with Crippen molar-refractivity contribution in [3.8, 4) is 0 Å². The summed E-state index contributed by atoms with van der Waals surface area (Å²) in [6.07, 6.45) is 0. The van der Waals surface area contributed by atoms with E-state index >= 15 is 0 Å². The second-order valence-electron chi connectivity index (χ2n) is 3.79. The molecule has 0 saturated heterocycles. The molecule has 0 saturated carbocycles. The van der Waals surface area contributed by atoms with E-state index in [2.05, 4.69) is 15.2 Å². The van der Waals surface area contributed by atoms with Crippen LogP contribution >= 0.6 is 11.6 Å². The highest BCUT2D eigenvalue weighted by Gasteiger charge is 2.26. The van der Waals surface area contributed by atoms with E-state index in [9.17, 15) is 35.1 Å². The van der Waals surface area contributed by atoms with E-state index in [0.717, 1.165) is 0 Å². The number of hydrogen-bond donors (Lipinski definition) is 0. The van der Waals surface area contributed by atoms with Crippen molar-refractivity contribution in [1.82, 2.24) is 4.98 Å². The molecule has 2 aromatic rings. The molecule has 0 atom stereocenters. The molecule has 0 N–H and O–H groups in total. The molecule has 0 bridgehead atoms. The van der Waals surface area contributed by atoms with Crippen molar-refractivity contribution < 1.29 is 35.1 Å². The summed E-state index contributed by atoms with van der Waals surface area (Å²) in [4.78, 5) is 2.40. The second kappa shape index (κ2) is 6.07. The molecular formula is C11ClF8N3. The van der Waals surface area contributed by atoms with Crippen molar-refractivity contribution >= 4 is 23.0 Å². The zero-order valence-corrected chi connectivity index (χ0v) is 11.0. The highest BCUT2D eigenvalue weighted by atomic mass is 35.5. The first-order valence-electron chi connectivity index (χ1n) is 5.30. The number of rotatable bonds is 2. The topological polar surface area (TPSA) is 37.6 Å². The van der Waals surface area contributed by atoms with Crippen molar-refractivity contribution in [3.63, 3.8) is 0 Å². The van der Waals surface area contributed by atoms with Crippen molar-refractivity contribution in [2.24, 2.45) is 10.2 Å².